The minimum absolute atomic E-state index is 0.202. The summed E-state index contributed by atoms with van der Waals surface area (Å²) in [7, 11) is 1.83. The molecule has 0 aromatic carbocycles. The number of thioether (sulfide) groups is 1. The lowest BCUT2D eigenvalue weighted by Gasteiger charge is -2.31. The summed E-state index contributed by atoms with van der Waals surface area (Å²) in [6, 6.07) is 0. The fourth-order valence-corrected chi connectivity index (χ4v) is 4.13. The van der Waals surface area contributed by atoms with Crippen LogP contribution in [0.2, 0.25) is 0 Å². The van der Waals surface area contributed by atoms with Gasteiger partial charge in [0.15, 0.2) is 5.96 Å². The molecule has 0 spiro atoms. The molecular formula is C15H28N4OS. The Morgan fingerprint density at radius 1 is 1.24 bits per heavy atom. The van der Waals surface area contributed by atoms with Gasteiger partial charge in [-0.05, 0) is 37.4 Å². The topological polar surface area (TPSA) is 56.7 Å². The lowest BCUT2D eigenvalue weighted by atomic mass is 9.97. The van der Waals surface area contributed by atoms with Gasteiger partial charge in [0.1, 0.15) is 0 Å². The lowest BCUT2D eigenvalue weighted by Crippen LogP contribution is -2.44. The first-order valence-electron chi connectivity index (χ1n) is 8.00. The fraction of sp³-hybridized carbons (Fsp3) is 0.867. The van der Waals surface area contributed by atoms with E-state index >= 15 is 0 Å². The quantitative estimate of drug-likeness (QED) is 0.607. The van der Waals surface area contributed by atoms with Crippen LogP contribution in [0.1, 0.15) is 32.6 Å². The van der Waals surface area contributed by atoms with Gasteiger partial charge >= 0.3 is 0 Å². The molecule has 0 saturated carbocycles. The number of hydrogen-bond donors (Lipinski definition) is 2. The number of piperidine rings is 1. The summed E-state index contributed by atoms with van der Waals surface area (Å²) < 4.78 is 0. The second kappa shape index (κ2) is 8.51. The van der Waals surface area contributed by atoms with Crippen molar-refractivity contribution in [2.24, 2.45) is 10.9 Å². The van der Waals surface area contributed by atoms with Crippen molar-refractivity contribution >= 4 is 23.6 Å². The van der Waals surface area contributed by atoms with Gasteiger partial charge in [0.25, 0.3) is 0 Å². The highest BCUT2D eigenvalue weighted by Crippen LogP contribution is 2.25. The van der Waals surface area contributed by atoms with E-state index in [4.69, 9.17) is 0 Å². The lowest BCUT2D eigenvalue weighted by molar-refractivity contribution is -0.130. The van der Waals surface area contributed by atoms with Crippen molar-refractivity contribution < 1.29 is 4.79 Å². The number of aliphatic imine (C=N–C) groups is 1. The molecule has 2 N–H and O–H groups in total. The van der Waals surface area contributed by atoms with Crippen molar-refractivity contribution in [1.82, 2.24) is 15.5 Å². The molecular weight excluding hydrogens is 284 g/mol. The maximum atomic E-state index is 11.3. The summed E-state index contributed by atoms with van der Waals surface area (Å²) in [6.45, 7) is 5.40. The first-order chi connectivity index (χ1) is 10.2. The highest BCUT2D eigenvalue weighted by Gasteiger charge is 2.21. The Balaban J connectivity index is 1.63. The zero-order valence-corrected chi connectivity index (χ0v) is 14.0. The van der Waals surface area contributed by atoms with Gasteiger partial charge in [-0.25, -0.2) is 0 Å². The highest BCUT2D eigenvalue weighted by atomic mass is 32.2. The monoisotopic (exact) mass is 312 g/mol. The molecule has 6 heteroatoms. The number of carbonyl (C=O) groups excluding carboxylic acids is 1. The van der Waals surface area contributed by atoms with E-state index in [1.807, 2.05) is 11.9 Å². The van der Waals surface area contributed by atoms with Crippen molar-refractivity contribution in [2.45, 2.75) is 37.9 Å². The largest absolute Gasteiger partial charge is 0.356 e. The number of guanidine groups is 1. The summed E-state index contributed by atoms with van der Waals surface area (Å²) in [5, 5.41) is 7.60. The average Bonchev–Trinajstić information content (AvgIpc) is 3.01. The highest BCUT2D eigenvalue weighted by molar-refractivity contribution is 8.00. The van der Waals surface area contributed by atoms with Gasteiger partial charge in [0.05, 0.1) is 0 Å². The molecule has 2 aliphatic heterocycles. The molecule has 0 aromatic rings. The zero-order valence-electron chi connectivity index (χ0n) is 13.2. The van der Waals surface area contributed by atoms with Gasteiger partial charge in [-0.1, -0.05) is 0 Å². The van der Waals surface area contributed by atoms with Gasteiger partial charge in [0, 0.05) is 45.4 Å². The predicted octanol–water partition coefficient (Wildman–Crippen LogP) is 1.31. The number of carbonyl (C=O) groups is 1. The van der Waals surface area contributed by atoms with Crippen LogP contribution in [0.3, 0.4) is 0 Å². The van der Waals surface area contributed by atoms with E-state index in [1.165, 1.54) is 18.6 Å². The smallest absolute Gasteiger partial charge is 0.219 e. The second-order valence-corrected chi connectivity index (χ2v) is 7.33. The normalized spacial score (nSPS) is 24.2. The third kappa shape index (κ3) is 5.41. The standard InChI is InChI=1S/C15H28N4OS/c1-12(20)19-7-5-13(6-8-19)10-17-15(16-2)18-11-14-4-3-9-21-14/h13-14H,3-11H2,1-2H3,(H2,16,17,18). The summed E-state index contributed by atoms with van der Waals surface area (Å²) >= 11 is 2.06. The first-order valence-corrected chi connectivity index (χ1v) is 9.05. The van der Waals surface area contributed by atoms with Gasteiger partial charge in [-0.2, -0.15) is 11.8 Å². The minimum Gasteiger partial charge on any atom is -0.356 e. The molecule has 2 saturated heterocycles. The molecule has 1 unspecified atom stereocenters. The molecule has 1 atom stereocenters. The van der Waals surface area contributed by atoms with E-state index in [9.17, 15) is 4.79 Å². The van der Waals surface area contributed by atoms with Crippen molar-refractivity contribution in [2.75, 3.05) is 39.0 Å². The van der Waals surface area contributed by atoms with Crippen LogP contribution in [0.4, 0.5) is 0 Å². The SMILES string of the molecule is CN=C(NCC1CCN(C(C)=O)CC1)NCC1CCCS1. The molecule has 0 bridgehead atoms. The maximum absolute atomic E-state index is 11.3. The van der Waals surface area contributed by atoms with E-state index in [-0.39, 0.29) is 5.91 Å². The molecule has 0 aromatic heterocycles. The Morgan fingerprint density at radius 2 is 1.95 bits per heavy atom. The molecule has 21 heavy (non-hydrogen) atoms. The number of nitrogens with zero attached hydrogens (tertiary/aromatic N) is 2. The second-order valence-electron chi connectivity index (χ2n) is 5.92. The summed E-state index contributed by atoms with van der Waals surface area (Å²) in [6.07, 6.45) is 4.83. The van der Waals surface area contributed by atoms with E-state index in [2.05, 4.69) is 27.4 Å². The Labute approximate surface area is 132 Å². The van der Waals surface area contributed by atoms with Crippen LogP contribution in [0.25, 0.3) is 0 Å². The number of nitrogens with one attached hydrogen (secondary N) is 2. The number of likely N-dealkylation sites (tertiary alicyclic amines) is 1. The van der Waals surface area contributed by atoms with Crippen LogP contribution in [0, 0.1) is 5.92 Å². The minimum atomic E-state index is 0.202. The Bertz CT molecular complexity index is 361. The van der Waals surface area contributed by atoms with Crippen LogP contribution in [-0.4, -0.2) is 61.0 Å². The van der Waals surface area contributed by atoms with E-state index in [1.54, 1.807) is 6.92 Å². The van der Waals surface area contributed by atoms with Crippen LogP contribution in [0.15, 0.2) is 4.99 Å². The van der Waals surface area contributed by atoms with Gasteiger partial charge in [-0.15, -0.1) is 0 Å². The molecule has 0 radical (unpaired) electrons. The molecule has 5 nitrogen and oxygen atoms in total. The third-order valence-electron chi connectivity index (χ3n) is 4.36. The van der Waals surface area contributed by atoms with Crippen molar-refractivity contribution in [3.63, 3.8) is 0 Å². The first kappa shape index (κ1) is 16.5. The molecule has 1 amide bonds. The van der Waals surface area contributed by atoms with Crippen molar-refractivity contribution in [3.05, 3.63) is 0 Å². The molecule has 2 aliphatic rings. The van der Waals surface area contributed by atoms with Crippen LogP contribution < -0.4 is 10.6 Å². The van der Waals surface area contributed by atoms with Gasteiger partial charge in [0.2, 0.25) is 5.91 Å². The van der Waals surface area contributed by atoms with Gasteiger partial charge < -0.3 is 15.5 Å². The summed E-state index contributed by atoms with van der Waals surface area (Å²) in [4.78, 5) is 17.6. The van der Waals surface area contributed by atoms with Crippen LogP contribution in [0.5, 0.6) is 0 Å². The summed E-state index contributed by atoms with van der Waals surface area (Å²) in [5.74, 6) is 3.05. The van der Waals surface area contributed by atoms with Gasteiger partial charge in [-0.3, -0.25) is 9.79 Å². The van der Waals surface area contributed by atoms with Crippen molar-refractivity contribution in [1.29, 1.82) is 0 Å². The summed E-state index contributed by atoms with van der Waals surface area (Å²) in [5.41, 5.74) is 0. The number of amides is 1. The molecule has 2 fully saturated rings. The van der Waals surface area contributed by atoms with E-state index in [0.29, 0.717) is 5.92 Å². The third-order valence-corrected chi connectivity index (χ3v) is 5.76. The zero-order chi connectivity index (χ0) is 15.1. The Morgan fingerprint density at radius 3 is 2.52 bits per heavy atom. The molecule has 2 heterocycles. The van der Waals surface area contributed by atoms with Crippen LogP contribution >= 0.6 is 11.8 Å². The van der Waals surface area contributed by atoms with E-state index in [0.717, 1.165) is 50.2 Å². The van der Waals surface area contributed by atoms with Crippen molar-refractivity contribution in [3.8, 4) is 0 Å². The molecule has 2 rings (SSSR count). The molecule has 0 aliphatic carbocycles. The maximum Gasteiger partial charge on any atom is 0.219 e. The van der Waals surface area contributed by atoms with E-state index < -0.39 is 0 Å². The van der Waals surface area contributed by atoms with Crippen LogP contribution in [-0.2, 0) is 4.79 Å². The average molecular weight is 312 g/mol. The molecule has 120 valence electrons. The Kier molecular flexibility index (Phi) is 6.67. The number of rotatable bonds is 4. The fourth-order valence-electron chi connectivity index (χ4n) is 2.93. The Hall–Kier alpha value is -0.910. The predicted molar refractivity (Wildman–Crippen MR) is 89.8 cm³/mol. The number of hydrogen-bond acceptors (Lipinski definition) is 3.